The average Bonchev–Trinajstić information content (AvgIpc) is 2.46. The molecule has 0 saturated carbocycles. The van der Waals surface area contributed by atoms with E-state index in [1.807, 2.05) is 49.4 Å². The monoisotopic (exact) mass is 344 g/mol. The van der Waals surface area contributed by atoms with E-state index < -0.39 is 0 Å². The molecule has 0 atom stereocenters. The van der Waals surface area contributed by atoms with E-state index in [1.54, 1.807) is 4.40 Å². The van der Waals surface area contributed by atoms with Gasteiger partial charge in [0.25, 0.3) is 5.56 Å². The van der Waals surface area contributed by atoms with Crippen molar-refractivity contribution in [2.75, 3.05) is 0 Å². The Bertz CT molecular complexity index is 858. The van der Waals surface area contributed by atoms with E-state index in [4.69, 9.17) is 4.74 Å². The molecule has 0 aliphatic heterocycles. The summed E-state index contributed by atoms with van der Waals surface area (Å²) in [6.45, 7) is 2.13. The van der Waals surface area contributed by atoms with Gasteiger partial charge < -0.3 is 4.74 Å². The van der Waals surface area contributed by atoms with Crippen LogP contribution in [0.5, 0.6) is 5.75 Å². The highest BCUT2D eigenvalue weighted by Crippen LogP contribution is 2.24. The summed E-state index contributed by atoms with van der Waals surface area (Å²) in [7, 11) is 0. The van der Waals surface area contributed by atoms with Gasteiger partial charge in [-0.05, 0) is 47.1 Å². The summed E-state index contributed by atoms with van der Waals surface area (Å²) in [6.07, 6.45) is 0. The lowest BCUT2D eigenvalue weighted by Crippen LogP contribution is -2.18. The SMILES string of the molecule is Cc1cccc2nc(COc3ccccc3Br)cc(=O)n12. The summed E-state index contributed by atoms with van der Waals surface area (Å²) in [4.78, 5) is 16.6. The number of aryl methyl sites for hydroxylation is 1. The van der Waals surface area contributed by atoms with E-state index in [1.165, 1.54) is 6.07 Å². The van der Waals surface area contributed by atoms with Gasteiger partial charge in [0.15, 0.2) is 0 Å². The van der Waals surface area contributed by atoms with Gasteiger partial charge in [-0.3, -0.25) is 9.20 Å². The minimum absolute atomic E-state index is 0.0937. The van der Waals surface area contributed by atoms with Gasteiger partial charge in [0.2, 0.25) is 0 Å². The first-order valence-electron chi connectivity index (χ1n) is 6.51. The van der Waals surface area contributed by atoms with Crippen molar-refractivity contribution < 1.29 is 4.74 Å². The predicted molar refractivity (Wildman–Crippen MR) is 84.7 cm³/mol. The van der Waals surface area contributed by atoms with Gasteiger partial charge in [-0.25, -0.2) is 4.98 Å². The van der Waals surface area contributed by atoms with Crippen LogP contribution in [-0.2, 0) is 6.61 Å². The standard InChI is InChI=1S/C16H13BrN2O2/c1-11-5-4-8-15-18-12(9-16(20)19(11)15)10-21-14-7-3-2-6-13(14)17/h2-9H,10H2,1H3. The number of rotatable bonds is 3. The Morgan fingerprint density at radius 2 is 2.00 bits per heavy atom. The molecule has 1 aromatic carbocycles. The number of pyridine rings is 1. The molecule has 106 valence electrons. The van der Waals surface area contributed by atoms with E-state index in [0.717, 1.165) is 15.9 Å². The van der Waals surface area contributed by atoms with Crippen LogP contribution in [0, 0.1) is 6.92 Å². The lowest BCUT2D eigenvalue weighted by molar-refractivity contribution is 0.299. The van der Waals surface area contributed by atoms with Gasteiger partial charge in [-0.15, -0.1) is 0 Å². The molecule has 0 aliphatic rings. The molecule has 21 heavy (non-hydrogen) atoms. The van der Waals surface area contributed by atoms with Crippen LogP contribution in [0.3, 0.4) is 0 Å². The van der Waals surface area contributed by atoms with Crippen LogP contribution in [0.15, 0.2) is 57.8 Å². The number of nitrogens with zero attached hydrogens (tertiary/aromatic N) is 2. The third-order valence-corrected chi connectivity index (χ3v) is 3.80. The summed E-state index contributed by atoms with van der Waals surface area (Å²) in [5, 5.41) is 0. The van der Waals surface area contributed by atoms with Crippen LogP contribution in [0.2, 0.25) is 0 Å². The van der Waals surface area contributed by atoms with Crippen molar-refractivity contribution in [1.29, 1.82) is 0 Å². The molecule has 0 unspecified atom stereocenters. The van der Waals surface area contributed by atoms with Crippen molar-refractivity contribution in [2.45, 2.75) is 13.5 Å². The maximum atomic E-state index is 12.2. The lowest BCUT2D eigenvalue weighted by atomic mass is 10.3. The van der Waals surface area contributed by atoms with Crippen molar-refractivity contribution >= 4 is 21.6 Å². The lowest BCUT2D eigenvalue weighted by Gasteiger charge is -2.09. The normalized spacial score (nSPS) is 10.8. The van der Waals surface area contributed by atoms with E-state index in [2.05, 4.69) is 20.9 Å². The molecule has 3 rings (SSSR count). The van der Waals surface area contributed by atoms with E-state index in [-0.39, 0.29) is 12.2 Å². The highest BCUT2D eigenvalue weighted by atomic mass is 79.9. The second-order valence-corrected chi connectivity index (χ2v) is 5.52. The molecule has 2 heterocycles. The zero-order valence-corrected chi connectivity index (χ0v) is 13.0. The van der Waals surface area contributed by atoms with Gasteiger partial charge >= 0.3 is 0 Å². The molecule has 0 radical (unpaired) electrons. The van der Waals surface area contributed by atoms with Gasteiger partial charge in [-0.1, -0.05) is 18.2 Å². The Balaban J connectivity index is 1.92. The smallest absolute Gasteiger partial charge is 0.258 e. The molecule has 2 aromatic heterocycles. The number of ether oxygens (including phenoxy) is 1. The summed E-state index contributed by atoms with van der Waals surface area (Å²) in [6, 6.07) is 14.7. The van der Waals surface area contributed by atoms with E-state index in [9.17, 15) is 4.79 Å². The molecule has 4 nitrogen and oxygen atoms in total. The summed E-state index contributed by atoms with van der Waals surface area (Å²) < 4.78 is 8.16. The molecule has 0 spiro atoms. The molecule has 0 bridgehead atoms. The Hall–Kier alpha value is -2.14. The minimum Gasteiger partial charge on any atom is -0.486 e. The fourth-order valence-corrected chi connectivity index (χ4v) is 2.55. The zero-order chi connectivity index (χ0) is 14.8. The summed E-state index contributed by atoms with van der Waals surface area (Å²) >= 11 is 3.42. The third-order valence-electron chi connectivity index (χ3n) is 3.15. The maximum absolute atomic E-state index is 12.2. The Morgan fingerprint density at radius 1 is 1.19 bits per heavy atom. The van der Waals surface area contributed by atoms with Crippen LogP contribution >= 0.6 is 15.9 Å². The Kier molecular flexibility index (Phi) is 3.75. The quantitative estimate of drug-likeness (QED) is 0.731. The largest absolute Gasteiger partial charge is 0.486 e. The second-order valence-electron chi connectivity index (χ2n) is 4.67. The van der Waals surface area contributed by atoms with Crippen molar-refractivity contribution in [2.24, 2.45) is 0 Å². The fourth-order valence-electron chi connectivity index (χ4n) is 2.15. The number of fused-ring (bicyclic) bond motifs is 1. The van der Waals surface area contributed by atoms with Crippen molar-refractivity contribution in [3.8, 4) is 5.75 Å². The predicted octanol–water partition coefficient (Wildman–Crippen LogP) is 3.34. The number of aromatic nitrogens is 2. The molecule has 0 amide bonds. The zero-order valence-electron chi connectivity index (χ0n) is 11.4. The van der Waals surface area contributed by atoms with Gasteiger partial charge in [0.05, 0.1) is 10.2 Å². The molecule has 0 saturated heterocycles. The fraction of sp³-hybridized carbons (Fsp3) is 0.125. The number of hydrogen-bond donors (Lipinski definition) is 0. The molecule has 5 heteroatoms. The molecular weight excluding hydrogens is 332 g/mol. The van der Waals surface area contributed by atoms with Crippen LogP contribution in [0.1, 0.15) is 11.4 Å². The Labute approximate surface area is 130 Å². The highest BCUT2D eigenvalue weighted by Gasteiger charge is 2.06. The van der Waals surface area contributed by atoms with Crippen molar-refractivity contribution in [3.05, 3.63) is 74.7 Å². The van der Waals surface area contributed by atoms with Crippen LogP contribution in [-0.4, -0.2) is 9.38 Å². The Morgan fingerprint density at radius 3 is 2.81 bits per heavy atom. The molecule has 0 N–H and O–H groups in total. The maximum Gasteiger partial charge on any atom is 0.258 e. The molecular formula is C16H13BrN2O2. The van der Waals surface area contributed by atoms with E-state index in [0.29, 0.717) is 11.3 Å². The molecule has 0 fully saturated rings. The van der Waals surface area contributed by atoms with Crippen LogP contribution in [0.25, 0.3) is 5.65 Å². The third kappa shape index (κ3) is 2.83. The number of benzene rings is 1. The van der Waals surface area contributed by atoms with Gasteiger partial charge in [0.1, 0.15) is 18.0 Å². The van der Waals surface area contributed by atoms with Crippen LogP contribution in [0.4, 0.5) is 0 Å². The topological polar surface area (TPSA) is 43.6 Å². The summed E-state index contributed by atoms with van der Waals surface area (Å²) in [5.41, 5.74) is 2.02. The van der Waals surface area contributed by atoms with Gasteiger partial charge in [-0.2, -0.15) is 0 Å². The summed E-state index contributed by atoms with van der Waals surface area (Å²) in [5.74, 6) is 0.726. The first-order chi connectivity index (χ1) is 10.1. The first-order valence-corrected chi connectivity index (χ1v) is 7.30. The molecule has 0 aliphatic carbocycles. The molecule has 3 aromatic rings. The van der Waals surface area contributed by atoms with Crippen LogP contribution < -0.4 is 10.3 Å². The van der Waals surface area contributed by atoms with E-state index >= 15 is 0 Å². The second kappa shape index (κ2) is 5.69. The highest BCUT2D eigenvalue weighted by molar-refractivity contribution is 9.10. The average molecular weight is 345 g/mol. The van der Waals surface area contributed by atoms with Crippen molar-refractivity contribution in [3.63, 3.8) is 0 Å². The number of para-hydroxylation sites is 1. The first kappa shape index (κ1) is 13.8. The van der Waals surface area contributed by atoms with Gasteiger partial charge in [0, 0.05) is 11.8 Å². The minimum atomic E-state index is -0.0937. The van der Waals surface area contributed by atoms with Crippen molar-refractivity contribution in [1.82, 2.24) is 9.38 Å². The number of halogens is 1. The number of hydrogen-bond acceptors (Lipinski definition) is 3.